The van der Waals surface area contributed by atoms with E-state index >= 15 is 0 Å². The molecule has 3 atom stereocenters. The minimum Gasteiger partial charge on any atom is -0.388 e. The van der Waals surface area contributed by atoms with E-state index < -0.39 is 0 Å². The summed E-state index contributed by atoms with van der Waals surface area (Å²) in [5.41, 5.74) is 1.13. The summed E-state index contributed by atoms with van der Waals surface area (Å²) in [5, 5.41) is 12.1. The molecule has 1 nitrogen and oxygen atoms in total. The SMILES string of the molecule is CCC1CC1C(O)c1csc(C)c1. The van der Waals surface area contributed by atoms with E-state index in [0.29, 0.717) is 5.92 Å². The zero-order valence-corrected chi connectivity index (χ0v) is 8.97. The van der Waals surface area contributed by atoms with Crippen molar-refractivity contribution in [3.63, 3.8) is 0 Å². The van der Waals surface area contributed by atoms with Crippen molar-refractivity contribution in [1.29, 1.82) is 0 Å². The number of rotatable bonds is 3. The molecule has 0 radical (unpaired) electrons. The van der Waals surface area contributed by atoms with E-state index in [9.17, 15) is 5.11 Å². The number of aryl methyl sites for hydroxylation is 1. The standard InChI is InChI=1S/C11H16OS/c1-3-8-5-10(8)11(12)9-4-7(2)13-6-9/h4,6,8,10-12H,3,5H2,1-2H3. The molecular weight excluding hydrogens is 180 g/mol. The van der Waals surface area contributed by atoms with Crippen LogP contribution in [0.1, 0.15) is 36.3 Å². The summed E-state index contributed by atoms with van der Waals surface area (Å²) in [6.07, 6.45) is 2.23. The third kappa shape index (κ3) is 1.79. The van der Waals surface area contributed by atoms with Crippen LogP contribution in [0.2, 0.25) is 0 Å². The van der Waals surface area contributed by atoms with Gasteiger partial charge in [0, 0.05) is 4.88 Å². The molecule has 0 spiro atoms. The summed E-state index contributed by atoms with van der Waals surface area (Å²) < 4.78 is 0. The van der Waals surface area contributed by atoms with Crippen molar-refractivity contribution in [1.82, 2.24) is 0 Å². The lowest BCUT2D eigenvalue weighted by atomic mass is 10.1. The highest BCUT2D eigenvalue weighted by atomic mass is 32.1. The van der Waals surface area contributed by atoms with Gasteiger partial charge in [0.1, 0.15) is 0 Å². The fourth-order valence-electron chi connectivity index (χ4n) is 1.99. The number of hydrogen-bond donors (Lipinski definition) is 1. The Morgan fingerprint density at radius 1 is 1.69 bits per heavy atom. The zero-order chi connectivity index (χ0) is 9.42. The van der Waals surface area contributed by atoms with Gasteiger partial charge in [0.25, 0.3) is 0 Å². The lowest BCUT2D eigenvalue weighted by molar-refractivity contribution is 0.147. The molecule has 1 heterocycles. The summed E-state index contributed by atoms with van der Waals surface area (Å²) in [5.74, 6) is 1.31. The zero-order valence-electron chi connectivity index (χ0n) is 8.16. The molecule has 0 bridgehead atoms. The summed E-state index contributed by atoms with van der Waals surface area (Å²) in [4.78, 5) is 1.29. The Morgan fingerprint density at radius 3 is 2.92 bits per heavy atom. The number of thiophene rings is 1. The van der Waals surface area contributed by atoms with Crippen LogP contribution in [0.3, 0.4) is 0 Å². The number of aliphatic hydroxyl groups is 1. The predicted octanol–water partition coefficient (Wildman–Crippen LogP) is 3.14. The lowest BCUT2D eigenvalue weighted by Crippen LogP contribution is -1.99. The summed E-state index contributed by atoms with van der Waals surface area (Å²) >= 11 is 1.73. The van der Waals surface area contributed by atoms with Gasteiger partial charge in [0.15, 0.2) is 0 Å². The van der Waals surface area contributed by atoms with Crippen molar-refractivity contribution < 1.29 is 5.11 Å². The van der Waals surface area contributed by atoms with E-state index in [-0.39, 0.29) is 6.10 Å². The van der Waals surface area contributed by atoms with Crippen LogP contribution in [0.5, 0.6) is 0 Å². The molecule has 1 fully saturated rings. The first kappa shape index (κ1) is 9.22. The van der Waals surface area contributed by atoms with Gasteiger partial charge < -0.3 is 5.11 Å². The second kappa shape index (κ2) is 3.43. The minimum atomic E-state index is -0.199. The van der Waals surface area contributed by atoms with E-state index in [0.717, 1.165) is 11.5 Å². The van der Waals surface area contributed by atoms with Gasteiger partial charge in [0.05, 0.1) is 6.10 Å². The Morgan fingerprint density at radius 2 is 2.46 bits per heavy atom. The summed E-state index contributed by atoms with van der Waals surface area (Å²) in [7, 11) is 0. The van der Waals surface area contributed by atoms with Gasteiger partial charge in [-0.2, -0.15) is 0 Å². The van der Waals surface area contributed by atoms with E-state index in [4.69, 9.17) is 0 Å². The van der Waals surface area contributed by atoms with E-state index in [2.05, 4.69) is 25.3 Å². The maximum Gasteiger partial charge on any atom is 0.0829 e. The summed E-state index contributed by atoms with van der Waals surface area (Å²) in [6, 6.07) is 2.11. The Hall–Kier alpha value is -0.340. The van der Waals surface area contributed by atoms with Gasteiger partial charge in [-0.25, -0.2) is 0 Å². The molecule has 1 aromatic rings. The van der Waals surface area contributed by atoms with E-state index in [1.165, 1.54) is 17.7 Å². The molecule has 2 rings (SSSR count). The topological polar surface area (TPSA) is 20.2 Å². The van der Waals surface area contributed by atoms with Crippen LogP contribution in [0.25, 0.3) is 0 Å². The maximum atomic E-state index is 9.98. The minimum absolute atomic E-state index is 0.199. The van der Waals surface area contributed by atoms with Gasteiger partial charge in [-0.3, -0.25) is 0 Å². The molecule has 0 saturated heterocycles. The molecular formula is C11H16OS. The van der Waals surface area contributed by atoms with Gasteiger partial charge in [-0.15, -0.1) is 11.3 Å². The fraction of sp³-hybridized carbons (Fsp3) is 0.636. The Balaban J connectivity index is 2.02. The van der Waals surface area contributed by atoms with Crippen LogP contribution >= 0.6 is 11.3 Å². The highest BCUT2D eigenvalue weighted by Gasteiger charge is 2.41. The van der Waals surface area contributed by atoms with Crippen LogP contribution in [-0.2, 0) is 0 Å². The van der Waals surface area contributed by atoms with Gasteiger partial charge in [-0.05, 0) is 42.2 Å². The highest BCUT2D eigenvalue weighted by Crippen LogP contribution is 2.49. The summed E-state index contributed by atoms with van der Waals surface area (Å²) in [6.45, 7) is 4.29. The van der Waals surface area contributed by atoms with Crippen LogP contribution in [0.4, 0.5) is 0 Å². The predicted molar refractivity (Wildman–Crippen MR) is 55.9 cm³/mol. The number of hydrogen-bond acceptors (Lipinski definition) is 2. The van der Waals surface area contributed by atoms with E-state index in [1.807, 2.05) is 0 Å². The van der Waals surface area contributed by atoms with Crippen molar-refractivity contribution in [2.45, 2.75) is 32.8 Å². The van der Waals surface area contributed by atoms with Gasteiger partial charge in [-0.1, -0.05) is 13.3 Å². The number of aliphatic hydroxyl groups excluding tert-OH is 1. The van der Waals surface area contributed by atoms with Crippen LogP contribution in [-0.4, -0.2) is 5.11 Å². The quantitative estimate of drug-likeness (QED) is 0.787. The molecule has 1 aromatic heterocycles. The fourth-order valence-corrected chi connectivity index (χ4v) is 2.73. The van der Waals surface area contributed by atoms with Crippen LogP contribution < -0.4 is 0 Å². The second-order valence-corrected chi connectivity index (χ2v) is 5.12. The largest absolute Gasteiger partial charge is 0.388 e. The molecule has 13 heavy (non-hydrogen) atoms. The molecule has 3 unspecified atom stereocenters. The van der Waals surface area contributed by atoms with Crippen LogP contribution in [0.15, 0.2) is 11.4 Å². The maximum absolute atomic E-state index is 9.98. The molecule has 0 aliphatic heterocycles. The molecule has 1 aliphatic rings. The molecule has 1 aliphatic carbocycles. The van der Waals surface area contributed by atoms with Crippen molar-refractivity contribution >= 4 is 11.3 Å². The first-order valence-corrected chi connectivity index (χ1v) is 5.83. The molecule has 2 heteroatoms. The van der Waals surface area contributed by atoms with Gasteiger partial charge >= 0.3 is 0 Å². The molecule has 1 N–H and O–H groups in total. The average molecular weight is 196 g/mol. The highest BCUT2D eigenvalue weighted by molar-refractivity contribution is 7.10. The van der Waals surface area contributed by atoms with Crippen LogP contribution in [0, 0.1) is 18.8 Å². The monoisotopic (exact) mass is 196 g/mol. The average Bonchev–Trinajstić information content (AvgIpc) is 2.80. The molecule has 72 valence electrons. The van der Waals surface area contributed by atoms with Crippen molar-refractivity contribution in [2.75, 3.05) is 0 Å². The molecule has 0 amide bonds. The van der Waals surface area contributed by atoms with Crippen molar-refractivity contribution in [3.8, 4) is 0 Å². The third-order valence-corrected chi connectivity index (χ3v) is 3.88. The normalized spacial score (nSPS) is 28.8. The second-order valence-electron chi connectivity index (χ2n) is 4.00. The van der Waals surface area contributed by atoms with E-state index in [1.54, 1.807) is 11.3 Å². The Labute approximate surface area is 83.4 Å². The molecule has 0 aromatic carbocycles. The Kier molecular flexibility index (Phi) is 2.43. The lowest BCUT2D eigenvalue weighted by Gasteiger charge is -2.06. The third-order valence-electron chi connectivity index (χ3n) is 3.00. The first-order chi connectivity index (χ1) is 6.22. The Bertz CT molecular complexity index is 292. The smallest absolute Gasteiger partial charge is 0.0829 e. The van der Waals surface area contributed by atoms with Gasteiger partial charge in [0.2, 0.25) is 0 Å². The first-order valence-electron chi connectivity index (χ1n) is 4.95. The molecule has 1 saturated carbocycles. The van der Waals surface area contributed by atoms with Crippen molar-refractivity contribution in [2.24, 2.45) is 11.8 Å². The van der Waals surface area contributed by atoms with Crippen molar-refractivity contribution in [3.05, 3.63) is 21.9 Å².